The molecule has 1 aliphatic carbocycles. The van der Waals surface area contributed by atoms with Crippen LogP contribution in [0.15, 0.2) is 29.5 Å². The van der Waals surface area contributed by atoms with Crippen LogP contribution in [0.5, 0.6) is 0 Å². The molecule has 0 N–H and O–H groups in total. The molecule has 1 saturated heterocycles. The summed E-state index contributed by atoms with van der Waals surface area (Å²) in [6.45, 7) is 2.68. The van der Waals surface area contributed by atoms with Crippen molar-refractivity contribution in [1.29, 1.82) is 0 Å². The number of piperidine rings is 1. The summed E-state index contributed by atoms with van der Waals surface area (Å²) in [6, 6.07) is 5.04. The molecule has 1 saturated carbocycles. The molecule has 0 radical (unpaired) electrons. The van der Waals surface area contributed by atoms with Crippen LogP contribution in [-0.4, -0.2) is 63.9 Å². The molecule has 0 unspecified atom stereocenters. The van der Waals surface area contributed by atoms with Gasteiger partial charge in [0.05, 0.1) is 0 Å². The van der Waals surface area contributed by atoms with E-state index in [1.54, 1.807) is 19.6 Å². The number of hydrogen-bond donors (Lipinski definition) is 0. The fraction of sp³-hybridized carbons (Fsp3) is 0.600. The van der Waals surface area contributed by atoms with E-state index in [4.69, 9.17) is 0 Å². The lowest BCUT2D eigenvalue weighted by atomic mass is 10.0. The molecule has 0 aromatic carbocycles. The van der Waals surface area contributed by atoms with E-state index >= 15 is 0 Å². The minimum Gasteiger partial charge on any atom is -0.363 e. The van der Waals surface area contributed by atoms with Gasteiger partial charge in [-0.2, -0.15) is 5.10 Å². The third kappa shape index (κ3) is 4.01. The lowest BCUT2D eigenvalue weighted by molar-refractivity contribution is 0.199. The van der Waals surface area contributed by atoms with E-state index in [1.807, 2.05) is 25.1 Å². The molecule has 150 valence electrons. The second-order valence-electron chi connectivity index (χ2n) is 8.06. The largest absolute Gasteiger partial charge is 0.363 e. The van der Waals surface area contributed by atoms with Crippen LogP contribution in [0.25, 0.3) is 0 Å². The fourth-order valence-corrected chi connectivity index (χ4v) is 4.02. The van der Waals surface area contributed by atoms with Gasteiger partial charge in [-0.1, -0.05) is 0 Å². The van der Waals surface area contributed by atoms with Crippen molar-refractivity contribution in [3.8, 4) is 0 Å². The van der Waals surface area contributed by atoms with Gasteiger partial charge in [0, 0.05) is 70.7 Å². The highest BCUT2D eigenvalue weighted by Gasteiger charge is 2.36. The number of hydrogen-bond acceptors (Lipinski definition) is 7. The van der Waals surface area contributed by atoms with Crippen LogP contribution in [0, 0.1) is 0 Å². The maximum absolute atomic E-state index is 12.2. The van der Waals surface area contributed by atoms with Gasteiger partial charge in [0.1, 0.15) is 18.0 Å². The quantitative estimate of drug-likeness (QED) is 0.744. The first-order valence-electron chi connectivity index (χ1n) is 10.0. The fourth-order valence-electron chi connectivity index (χ4n) is 4.02. The Labute approximate surface area is 165 Å². The van der Waals surface area contributed by atoms with E-state index in [-0.39, 0.29) is 5.56 Å². The highest BCUT2D eigenvalue weighted by Crippen LogP contribution is 2.36. The van der Waals surface area contributed by atoms with Crippen molar-refractivity contribution >= 4 is 11.6 Å². The smallest absolute Gasteiger partial charge is 0.270 e. The normalized spacial score (nSPS) is 18.2. The summed E-state index contributed by atoms with van der Waals surface area (Å²) < 4.78 is 1.41. The van der Waals surface area contributed by atoms with Gasteiger partial charge < -0.3 is 9.80 Å². The molecule has 8 heteroatoms. The average molecular weight is 384 g/mol. The van der Waals surface area contributed by atoms with Gasteiger partial charge >= 0.3 is 0 Å². The van der Waals surface area contributed by atoms with Gasteiger partial charge in [0.15, 0.2) is 0 Å². The zero-order valence-corrected chi connectivity index (χ0v) is 17.0. The molecule has 2 aliphatic rings. The van der Waals surface area contributed by atoms with Crippen molar-refractivity contribution in [2.24, 2.45) is 7.05 Å². The van der Waals surface area contributed by atoms with E-state index in [0.29, 0.717) is 18.6 Å². The van der Waals surface area contributed by atoms with Crippen molar-refractivity contribution in [3.05, 3.63) is 40.6 Å². The molecule has 28 heavy (non-hydrogen) atoms. The number of anilines is 2. The zero-order valence-electron chi connectivity index (χ0n) is 17.0. The molecule has 3 heterocycles. The maximum Gasteiger partial charge on any atom is 0.270 e. The summed E-state index contributed by atoms with van der Waals surface area (Å²) in [5.74, 6) is 1.99. The number of likely N-dealkylation sites (tertiary alicyclic amines) is 1. The highest BCUT2D eigenvalue weighted by molar-refractivity contribution is 5.51. The maximum atomic E-state index is 12.2. The summed E-state index contributed by atoms with van der Waals surface area (Å²) >= 11 is 0. The Hall–Kier alpha value is -2.48. The van der Waals surface area contributed by atoms with Crippen LogP contribution >= 0.6 is 0 Å². The van der Waals surface area contributed by atoms with Gasteiger partial charge in [0.25, 0.3) is 5.56 Å². The summed E-state index contributed by atoms with van der Waals surface area (Å²) in [6.07, 6.45) is 8.04. The predicted octanol–water partition coefficient (Wildman–Crippen LogP) is 1.27. The molecule has 2 aromatic rings. The lowest BCUT2D eigenvalue weighted by Crippen LogP contribution is -2.46. The third-order valence-electron chi connectivity index (χ3n) is 5.73. The van der Waals surface area contributed by atoms with Gasteiger partial charge in [-0.15, -0.1) is 0 Å². The zero-order chi connectivity index (χ0) is 19.7. The number of nitrogens with zero attached hydrogens (tertiary/aromatic N) is 7. The first kappa shape index (κ1) is 18.9. The Morgan fingerprint density at radius 1 is 1.07 bits per heavy atom. The van der Waals surface area contributed by atoms with Crippen molar-refractivity contribution in [1.82, 2.24) is 24.6 Å². The standard InChI is InChI=1S/C20H29N7O/c1-24(2)18-12-19(22-14-21-18)27(16-4-5-16)17-7-10-26(11-8-17)13-15-6-9-23-25(3)20(15)28/h6,9,12,14,16-17H,4-5,7-8,10-11,13H2,1-3H3. The van der Waals surface area contributed by atoms with E-state index in [9.17, 15) is 4.79 Å². The van der Waals surface area contributed by atoms with Gasteiger partial charge in [-0.3, -0.25) is 9.69 Å². The molecule has 1 aliphatic heterocycles. The summed E-state index contributed by atoms with van der Waals surface area (Å²) in [5.41, 5.74) is 0.822. The molecular weight excluding hydrogens is 354 g/mol. The molecule has 0 bridgehead atoms. The van der Waals surface area contributed by atoms with Crippen molar-refractivity contribution in [2.45, 2.75) is 44.3 Å². The summed E-state index contributed by atoms with van der Waals surface area (Å²) in [5, 5.41) is 4.01. The van der Waals surface area contributed by atoms with Crippen LogP contribution in [0.2, 0.25) is 0 Å². The molecule has 2 fully saturated rings. The van der Waals surface area contributed by atoms with Gasteiger partial charge in [-0.25, -0.2) is 14.6 Å². The van der Waals surface area contributed by atoms with Crippen LogP contribution in [-0.2, 0) is 13.6 Å². The Kier molecular flexibility index (Phi) is 5.30. The number of aromatic nitrogens is 4. The van der Waals surface area contributed by atoms with E-state index < -0.39 is 0 Å². The van der Waals surface area contributed by atoms with E-state index in [0.717, 1.165) is 43.1 Å². The highest BCUT2D eigenvalue weighted by atomic mass is 16.1. The molecule has 2 aromatic heterocycles. The first-order chi connectivity index (χ1) is 13.5. The average Bonchev–Trinajstić information content (AvgIpc) is 3.52. The minimum absolute atomic E-state index is 0.00132. The topological polar surface area (TPSA) is 70.4 Å². The summed E-state index contributed by atoms with van der Waals surface area (Å²) in [4.78, 5) is 28.1. The van der Waals surface area contributed by atoms with Crippen molar-refractivity contribution in [3.63, 3.8) is 0 Å². The van der Waals surface area contributed by atoms with Crippen LogP contribution in [0.4, 0.5) is 11.6 Å². The van der Waals surface area contributed by atoms with Gasteiger partial charge in [0.2, 0.25) is 0 Å². The second kappa shape index (κ2) is 7.87. The molecule has 0 amide bonds. The van der Waals surface area contributed by atoms with Crippen LogP contribution < -0.4 is 15.4 Å². The molecule has 0 spiro atoms. The Morgan fingerprint density at radius 3 is 2.43 bits per heavy atom. The third-order valence-corrected chi connectivity index (χ3v) is 5.73. The first-order valence-corrected chi connectivity index (χ1v) is 10.0. The SMILES string of the molecule is CN(C)c1cc(N(C2CC2)C2CCN(Cc3ccnn(C)c3=O)CC2)ncn1. The van der Waals surface area contributed by atoms with Gasteiger partial charge in [-0.05, 0) is 31.7 Å². The number of rotatable bonds is 6. The molecule has 8 nitrogen and oxygen atoms in total. The Balaban J connectivity index is 1.43. The molecule has 4 rings (SSSR count). The number of aryl methyl sites for hydroxylation is 1. The monoisotopic (exact) mass is 383 g/mol. The van der Waals surface area contributed by atoms with Crippen LogP contribution in [0.3, 0.4) is 0 Å². The predicted molar refractivity (Wildman–Crippen MR) is 110 cm³/mol. The Bertz CT molecular complexity index is 869. The lowest BCUT2D eigenvalue weighted by Gasteiger charge is -2.39. The van der Waals surface area contributed by atoms with Crippen molar-refractivity contribution < 1.29 is 0 Å². The van der Waals surface area contributed by atoms with E-state index in [1.165, 1.54) is 17.5 Å². The van der Waals surface area contributed by atoms with Crippen LogP contribution in [0.1, 0.15) is 31.2 Å². The molecule has 0 atom stereocenters. The van der Waals surface area contributed by atoms with Crippen molar-refractivity contribution in [2.75, 3.05) is 37.0 Å². The summed E-state index contributed by atoms with van der Waals surface area (Å²) in [7, 11) is 5.72. The Morgan fingerprint density at radius 2 is 1.75 bits per heavy atom. The second-order valence-corrected chi connectivity index (χ2v) is 8.06. The molecular formula is C20H29N7O. The minimum atomic E-state index is 0.00132. The van der Waals surface area contributed by atoms with E-state index in [2.05, 4.69) is 30.9 Å².